The standard InChI is InChI=1S/C25H29N3O2/c1-18-8-6-13-24-26-17-23(28(18)24)22(20-11-7-12-21(14-20)30-2)15-25(29)27-16-19-9-4-3-5-10-19/h3-5,7,9-12,14,17-18,22H,6,8,13,15-16H2,1-2H3,(H,27,29)/t18-,22+/m1/s1. The lowest BCUT2D eigenvalue weighted by atomic mass is 9.91. The van der Waals surface area contributed by atoms with E-state index < -0.39 is 0 Å². The van der Waals surface area contributed by atoms with Gasteiger partial charge in [-0.1, -0.05) is 42.5 Å². The summed E-state index contributed by atoms with van der Waals surface area (Å²) in [7, 11) is 1.67. The van der Waals surface area contributed by atoms with Crippen molar-refractivity contribution < 1.29 is 9.53 Å². The second-order valence-electron chi connectivity index (χ2n) is 8.01. The number of nitrogens with one attached hydrogen (secondary N) is 1. The van der Waals surface area contributed by atoms with E-state index in [0.29, 0.717) is 19.0 Å². The van der Waals surface area contributed by atoms with Gasteiger partial charge in [0.2, 0.25) is 5.91 Å². The van der Waals surface area contributed by atoms with E-state index in [1.54, 1.807) is 7.11 Å². The van der Waals surface area contributed by atoms with Gasteiger partial charge in [0, 0.05) is 43.2 Å². The third-order valence-corrected chi connectivity index (χ3v) is 5.94. The first-order valence-corrected chi connectivity index (χ1v) is 10.7. The molecule has 0 radical (unpaired) electrons. The Labute approximate surface area is 178 Å². The normalized spacial score (nSPS) is 16.5. The third-order valence-electron chi connectivity index (χ3n) is 5.94. The number of amides is 1. The molecule has 1 N–H and O–H groups in total. The highest BCUT2D eigenvalue weighted by Gasteiger charge is 2.27. The topological polar surface area (TPSA) is 56.1 Å². The highest BCUT2D eigenvalue weighted by Crippen LogP contribution is 2.35. The number of nitrogens with zero attached hydrogens (tertiary/aromatic N) is 2. The maximum absolute atomic E-state index is 12.9. The van der Waals surface area contributed by atoms with Crippen LogP contribution in [0.2, 0.25) is 0 Å². The molecule has 2 aromatic carbocycles. The minimum atomic E-state index is -0.0716. The summed E-state index contributed by atoms with van der Waals surface area (Å²) in [4.78, 5) is 17.6. The number of benzene rings is 2. The summed E-state index contributed by atoms with van der Waals surface area (Å²) in [5.41, 5.74) is 3.28. The van der Waals surface area contributed by atoms with Crippen molar-refractivity contribution in [2.45, 2.75) is 51.1 Å². The van der Waals surface area contributed by atoms with Crippen LogP contribution in [0, 0.1) is 0 Å². The molecule has 1 aliphatic rings. The summed E-state index contributed by atoms with van der Waals surface area (Å²) in [5, 5.41) is 3.08. The maximum Gasteiger partial charge on any atom is 0.221 e. The zero-order valence-corrected chi connectivity index (χ0v) is 17.7. The molecule has 3 aromatic rings. The molecule has 1 aliphatic heterocycles. The molecular weight excluding hydrogens is 374 g/mol. The van der Waals surface area contributed by atoms with Crippen molar-refractivity contribution in [2.24, 2.45) is 0 Å². The molecule has 5 nitrogen and oxygen atoms in total. The van der Waals surface area contributed by atoms with Gasteiger partial charge in [-0.05, 0) is 43.0 Å². The fourth-order valence-electron chi connectivity index (χ4n) is 4.36. The lowest BCUT2D eigenvalue weighted by Gasteiger charge is -2.27. The van der Waals surface area contributed by atoms with Crippen molar-refractivity contribution >= 4 is 5.91 Å². The number of ether oxygens (including phenoxy) is 1. The number of aromatic nitrogens is 2. The van der Waals surface area contributed by atoms with E-state index in [9.17, 15) is 4.79 Å². The quantitative estimate of drug-likeness (QED) is 0.626. The summed E-state index contributed by atoms with van der Waals surface area (Å²) in [6.07, 6.45) is 5.64. The van der Waals surface area contributed by atoms with E-state index >= 15 is 0 Å². The highest BCUT2D eigenvalue weighted by atomic mass is 16.5. The molecule has 30 heavy (non-hydrogen) atoms. The monoisotopic (exact) mass is 403 g/mol. The SMILES string of the molecule is COc1cccc([C@H](CC(=O)NCc2ccccc2)c2cnc3n2[C@H](C)CCC3)c1. The summed E-state index contributed by atoms with van der Waals surface area (Å²) in [6, 6.07) is 18.4. The molecular formula is C25H29N3O2. The van der Waals surface area contributed by atoms with E-state index in [1.807, 2.05) is 54.7 Å². The molecule has 4 rings (SSSR count). The number of carbonyl (C=O) groups excluding carboxylic acids is 1. The van der Waals surface area contributed by atoms with E-state index in [2.05, 4.69) is 22.9 Å². The summed E-state index contributed by atoms with van der Waals surface area (Å²) < 4.78 is 7.79. The van der Waals surface area contributed by atoms with Crippen LogP contribution in [0.3, 0.4) is 0 Å². The van der Waals surface area contributed by atoms with Crippen LogP contribution in [-0.2, 0) is 17.8 Å². The lowest BCUT2D eigenvalue weighted by Crippen LogP contribution is -2.26. The number of imidazole rings is 1. The van der Waals surface area contributed by atoms with Crippen LogP contribution in [0.4, 0.5) is 0 Å². The molecule has 0 fully saturated rings. The van der Waals surface area contributed by atoms with E-state index in [0.717, 1.165) is 41.2 Å². The average molecular weight is 404 g/mol. The molecule has 0 saturated carbocycles. The van der Waals surface area contributed by atoms with E-state index in [-0.39, 0.29) is 11.8 Å². The Bertz CT molecular complexity index is 997. The maximum atomic E-state index is 12.9. The number of aryl methyl sites for hydroxylation is 1. The van der Waals surface area contributed by atoms with Crippen molar-refractivity contribution in [3.63, 3.8) is 0 Å². The van der Waals surface area contributed by atoms with Gasteiger partial charge in [-0.25, -0.2) is 4.98 Å². The fourth-order valence-corrected chi connectivity index (χ4v) is 4.36. The molecule has 0 spiro atoms. The zero-order chi connectivity index (χ0) is 20.9. The molecule has 1 amide bonds. The predicted molar refractivity (Wildman–Crippen MR) is 118 cm³/mol. The molecule has 156 valence electrons. The Morgan fingerprint density at radius 1 is 1.23 bits per heavy atom. The second-order valence-corrected chi connectivity index (χ2v) is 8.01. The van der Waals surface area contributed by atoms with Gasteiger partial charge in [-0.2, -0.15) is 0 Å². The van der Waals surface area contributed by atoms with Gasteiger partial charge >= 0.3 is 0 Å². The van der Waals surface area contributed by atoms with Gasteiger partial charge in [0.15, 0.2) is 0 Å². The van der Waals surface area contributed by atoms with Crippen LogP contribution in [-0.4, -0.2) is 22.6 Å². The summed E-state index contributed by atoms with van der Waals surface area (Å²) in [6.45, 7) is 2.78. The molecule has 0 aliphatic carbocycles. The number of hydrogen-bond acceptors (Lipinski definition) is 3. The molecule has 5 heteroatoms. The minimum absolute atomic E-state index is 0.0330. The molecule has 2 atom stereocenters. The summed E-state index contributed by atoms with van der Waals surface area (Å²) in [5.74, 6) is 1.89. The van der Waals surface area contributed by atoms with Crippen LogP contribution in [0.1, 0.15) is 60.8 Å². The summed E-state index contributed by atoms with van der Waals surface area (Å²) >= 11 is 0. The number of fused-ring (bicyclic) bond motifs is 1. The van der Waals surface area contributed by atoms with E-state index in [4.69, 9.17) is 9.72 Å². The van der Waals surface area contributed by atoms with Gasteiger partial charge in [-0.15, -0.1) is 0 Å². The van der Waals surface area contributed by atoms with Crippen molar-refractivity contribution in [1.29, 1.82) is 0 Å². The van der Waals surface area contributed by atoms with Gasteiger partial charge in [0.1, 0.15) is 11.6 Å². The van der Waals surface area contributed by atoms with Crippen LogP contribution >= 0.6 is 0 Å². The zero-order valence-electron chi connectivity index (χ0n) is 17.7. The van der Waals surface area contributed by atoms with Gasteiger partial charge in [-0.3, -0.25) is 4.79 Å². The average Bonchev–Trinajstić information content (AvgIpc) is 3.22. The first-order chi connectivity index (χ1) is 14.7. The number of hydrogen-bond donors (Lipinski definition) is 1. The second kappa shape index (κ2) is 9.16. The number of methoxy groups -OCH3 is 1. The first kappa shape index (κ1) is 20.2. The van der Waals surface area contributed by atoms with Crippen LogP contribution in [0.15, 0.2) is 60.8 Å². The molecule has 0 bridgehead atoms. The fraction of sp³-hybridized carbons (Fsp3) is 0.360. The van der Waals surface area contributed by atoms with Gasteiger partial charge in [0.25, 0.3) is 0 Å². The Hall–Kier alpha value is -3.08. The molecule has 0 saturated heterocycles. The lowest BCUT2D eigenvalue weighted by molar-refractivity contribution is -0.121. The predicted octanol–water partition coefficient (Wildman–Crippen LogP) is 4.63. The first-order valence-electron chi connectivity index (χ1n) is 10.7. The number of carbonyl (C=O) groups is 1. The van der Waals surface area contributed by atoms with Crippen LogP contribution in [0.25, 0.3) is 0 Å². The van der Waals surface area contributed by atoms with Crippen molar-refractivity contribution in [3.8, 4) is 5.75 Å². The Balaban J connectivity index is 1.61. The van der Waals surface area contributed by atoms with Gasteiger partial charge < -0.3 is 14.6 Å². The molecule has 2 heterocycles. The molecule has 1 aromatic heterocycles. The van der Waals surface area contributed by atoms with Crippen molar-refractivity contribution in [1.82, 2.24) is 14.9 Å². The third kappa shape index (κ3) is 4.40. The van der Waals surface area contributed by atoms with Crippen LogP contribution < -0.4 is 10.1 Å². The largest absolute Gasteiger partial charge is 0.497 e. The Morgan fingerprint density at radius 3 is 2.87 bits per heavy atom. The molecule has 0 unspecified atom stereocenters. The van der Waals surface area contributed by atoms with Gasteiger partial charge in [0.05, 0.1) is 7.11 Å². The minimum Gasteiger partial charge on any atom is -0.497 e. The Kier molecular flexibility index (Phi) is 6.17. The number of rotatable bonds is 7. The van der Waals surface area contributed by atoms with Crippen LogP contribution in [0.5, 0.6) is 5.75 Å². The van der Waals surface area contributed by atoms with E-state index in [1.165, 1.54) is 6.42 Å². The highest BCUT2D eigenvalue weighted by molar-refractivity contribution is 5.77. The Morgan fingerprint density at radius 2 is 2.07 bits per heavy atom. The smallest absolute Gasteiger partial charge is 0.221 e. The van der Waals surface area contributed by atoms with Crippen molar-refractivity contribution in [3.05, 3.63) is 83.4 Å². The van der Waals surface area contributed by atoms with Crippen molar-refractivity contribution in [2.75, 3.05) is 7.11 Å².